The second kappa shape index (κ2) is 4.13. The number of anilines is 1. The lowest BCUT2D eigenvalue weighted by molar-refractivity contribution is 1.00. The fourth-order valence-electron chi connectivity index (χ4n) is 0.857. The summed E-state index contributed by atoms with van der Waals surface area (Å²) in [6.45, 7) is 4.01. The molecule has 1 heterocycles. The standard InChI is InChI=1S/C7H11N3.ClH/c1-3-6-4-9-7(8)10-5(6)2;/h4H,3H2,1-2H3,(H2,8,9,10);1H. The minimum Gasteiger partial charge on any atom is -0.368 e. The highest BCUT2D eigenvalue weighted by atomic mass is 35.5. The van der Waals surface area contributed by atoms with E-state index in [1.54, 1.807) is 6.20 Å². The topological polar surface area (TPSA) is 51.8 Å². The Labute approximate surface area is 72.5 Å². The highest BCUT2D eigenvalue weighted by Gasteiger charge is 1.96. The number of aryl methyl sites for hydroxylation is 2. The molecule has 0 bridgehead atoms. The Morgan fingerprint density at radius 2 is 2.18 bits per heavy atom. The van der Waals surface area contributed by atoms with Crippen LogP contribution in [0, 0.1) is 6.92 Å². The van der Waals surface area contributed by atoms with Gasteiger partial charge in [-0.2, -0.15) is 0 Å². The van der Waals surface area contributed by atoms with Gasteiger partial charge in [0.1, 0.15) is 0 Å². The first-order valence-electron chi connectivity index (χ1n) is 3.32. The smallest absolute Gasteiger partial charge is 0.220 e. The molecular weight excluding hydrogens is 162 g/mol. The van der Waals surface area contributed by atoms with Crippen LogP contribution in [0.1, 0.15) is 18.2 Å². The van der Waals surface area contributed by atoms with Crippen LogP contribution in [0.25, 0.3) is 0 Å². The molecule has 11 heavy (non-hydrogen) atoms. The molecule has 0 unspecified atom stereocenters. The zero-order valence-electron chi connectivity index (χ0n) is 6.66. The third kappa shape index (κ3) is 2.35. The molecule has 0 spiro atoms. The minimum absolute atomic E-state index is 0. The van der Waals surface area contributed by atoms with Crippen LogP contribution in [0.2, 0.25) is 0 Å². The van der Waals surface area contributed by atoms with E-state index >= 15 is 0 Å². The van der Waals surface area contributed by atoms with Gasteiger partial charge in [-0.25, -0.2) is 9.97 Å². The predicted molar refractivity (Wildman–Crippen MR) is 47.8 cm³/mol. The molecular formula is C7H12ClN3. The Hall–Kier alpha value is -0.830. The van der Waals surface area contributed by atoms with E-state index in [1.165, 1.54) is 0 Å². The van der Waals surface area contributed by atoms with Crippen molar-refractivity contribution in [2.45, 2.75) is 20.3 Å². The molecule has 0 fully saturated rings. The molecule has 0 aliphatic rings. The van der Waals surface area contributed by atoms with Crippen molar-refractivity contribution in [2.24, 2.45) is 0 Å². The molecule has 2 N–H and O–H groups in total. The lowest BCUT2D eigenvalue weighted by Gasteiger charge is -1.99. The van der Waals surface area contributed by atoms with Gasteiger partial charge in [0.2, 0.25) is 5.95 Å². The van der Waals surface area contributed by atoms with E-state index in [2.05, 4.69) is 16.9 Å². The quantitative estimate of drug-likeness (QED) is 0.698. The molecule has 0 aliphatic heterocycles. The Morgan fingerprint density at radius 3 is 2.64 bits per heavy atom. The monoisotopic (exact) mass is 173 g/mol. The predicted octanol–water partition coefficient (Wildman–Crippen LogP) is 1.35. The van der Waals surface area contributed by atoms with Crippen LogP contribution >= 0.6 is 12.4 Å². The van der Waals surface area contributed by atoms with Crippen molar-refractivity contribution >= 4 is 18.4 Å². The summed E-state index contributed by atoms with van der Waals surface area (Å²) >= 11 is 0. The van der Waals surface area contributed by atoms with Crippen molar-refractivity contribution in [3.63, 3.8) is 0 Å². The molecule has 0 amide bonds. The lowest BCUT2D eigenvalue weighted by Crippen LogP contribution is -1.99. The normalized spacial score (nSPS) is 8.91. The largest absolute Gasteiger partial charge is 0.368 e. The van der Waals surface area contributed by atoms with Crippen LogP contribution in [0.4, 0.5) is 5.95 Å². The van der Waals surface area contributed by atoms with Gasteiger partial charge in [-0.15, -0.1) is 12.4 Å². The van der Waals surface area contributed by atoms with Crippen LogP contribution in [0.3, 0.4) is 0 Å². The van der Waals surface area contributed by atoms with Crippen LogP contribution in [-0.2, 0) is 6.42 Å². The van der Waals surface area contributed by atoms with Gasteiger partial charge in [0, 0.05) is 11.9 Å². The van der Waals surface area contributed by atoms with Crippen LogP contribution in [0.5, 0.6) is 0 Å². The number of halogens is 1. The highest BCUT2D eigenvalue weighted by Crippen LogP contribution is 2.04. The van der Waals surface area contributed by atoms with Gasteiger partial charge in [-0.05, 0) is 18.9 Å². The first kappa shape index (κ1) is 10.2. The summed E-state index contributed by atoms with van der Waals surface area (Å²) in [4.78, 5) is 7.89. The van der Waals surface area contributed by atoms with Gasteiger partial charge in [0.25, 0.3) is 0 Å². The molecule has 0 aliphatic carbocycles. The number of hydrogen-bond donors (Lipinski definition) is 1. The Kier molecular flexibility index (Phi) is 3.82. The molecule has 0 radical (unpaired) electrons. The second-order valence-corrected chi connectivity index (χ2v) is 2.19. The van der Waals surface area contributed by atoms with Crippen LogP contribution in [-0.4, -0.2) is 9.97 Å². The average Bonchev–Trinajstić information content (AvgIpc) is 1.88. The molecule has 4 heteroatoms. The SMILES string of the molecule is CCc1cnc(N)nc1C.Cl. The average molecular weight is 174 g/mol. The first-order valence-corrected chi connectivity index (χ1v) is 3.32. The van der Waals surface area contributed by atoms with Crippen molar-refractivity contribution in [2.75, 3.05) is 5.73 Å². The molecule has 3 nitrogen and oxygen atoms in total. The van der Waals surface area contributed by atoms with Gasteiger partial charge < -0.3 is 5.73 Å². The molecule has 1 rings (SSSR count). The van der Waals surface area contributed by atoms with Crippen molar-refractivity contribution in [3.8, 4) is 0 Å². The first-order chi connectivity index (χ1) is 4.74. The highest BCUT2D eigenvalue weighted by molar-refractivity contribution is 5.85. The number of rotatable bonds is 1. The third-order valence-corrected chi connectivity index (χ3v) is 1.48. The summed E-state index contributed by atoms with van der Waals surface area (Å²) in [6, 6.07) is 0. The third-order valence-electron chi connectivity index (χ3n) is 1.48. The van der Waals surface area contributed by atoms with E-state index in [0.717, 1.165) is 17.7 Å². The van der Waals surface area contributed by atoms with Crippen molar-refractivity contribution in [1.82, 2.24) is 9.97 Å². The number of hydrogen-bond acceptors (Lipinski definition) is 3. The summed E-state index contributed by atoms with van der Waals surface area (Å²) in [6.07, 6.45) is 2.74. The zero-order valence-corrected chi connectivity index (χ0v) is 7.48. The number of nitrogen functional groups attached to an aromatic ring is 1. The van der Waals surface area contributed by atoms with Crippen molar-refractivity contribution in [1.29, 1.82) is 0 Å². The molecule has 1 aromatic rings. The molecule has 0 aromatic carbocycles. The van der Waals surface area contributed by atoms with Gasteiger partial charge in [0.15, 0.2) is 0 Å². The zero-order chi connectivity index (χ0) is 7.56. The number of nitrogens with zero attached hydrogens (tertiary/aromatic N) is 2. The van der Waals surface area contributed by atoms with E-state index in [4.69, 9.17) is 5.73 Å². The summed E-state index contributed by atoms with van der Waals surface area (Å²) in [5, 5.41) is 0. The lowest BCUT2D eigenvalue weighted by atomic mass is 10.2. The summed E-state index contributed by atoms with van der Waals surface area (Å²) in [5.41, 5.74) is 7.50. The van der Waals surface area contributed by atoms with E-state index < -0.39 is 0 Å². The Bertz CT molecular complexity index is 237. The summed E-state index contributed by atoms with van der Waals surface area (Å²) in [7, 11) is 0. The minimum atomic E-state index is 0. The molecule has 0 saturated heterocycles. The Balaban J connectivity index is 0.000001000. The summed E-state index contributed by atoms with van der Waals surface area (Å²) in [5.74, 6) is 0.356. The molecule has 62 valence electrons. The maximum atomic E-state index is 5.36. The fourth-order valence-corrected chi connectivity index (χ4v) is 0.857. The van der Waals surface area contributed by atoms with Gasteiger partial charge in [0.05, 0.1) is 0 Å². The van der Waals surface area contributed by atoms with Crippen LogP contribution in [0.15, 0.2) is 6.20 Å². The van der Waals surface area contributed by atoms with Crippen molar-refractivity contribution < 1.29 is 0 Å². The molecule has 1 aromatic heterocycles. The fraction of sp³-hybridized carbons (Fsp3) is 0.429. The van der Waals surface area contributed by atoms with Gasteiger partial charge >= 0.3 is 0 Å². The second-order valence-electron chi connectivity index (χ2n) is 2.19. The van der Waals surface area contributed by atoms with E-state index in [9.17, 15) is 0 Å². The van der Waals surface area contributed by atoms with Crippen molar-refractivity contribution in [3.05, 3.63) is 17.5 Å². The van der Waals surface area contributed by atoms with E-state index in [-0.39, 0.29) is 12.4 Å². The van der Waals surface area contributed by atoms with E-state index in [0.29, 0.717) is 5.95 Å². The maximum absolute atomic E-state index is 5.36. The van der Waals surface area contributed by atoms with Crippen LogP contribution < -0.4 is 5.73 Å². The van der Waals surface area contributed by atoms with E-state index in [1.807, 2.05) is 6.92 Å². The number of nitrogens with two attached hydrogens (primary N) is 1. The van der Waals surface area contributed by atoms with Gasteiger partial charge in [-0.1, -0.05) is 6.92 Å². The Morgan fingerprint density at radius 1 is 1.55 bits per heavy atom. The summed E-state index contributed by atoms with van der Waals surface area (Å²) < 4.78 is 0. The molecule has 0 atom stereocenters. The molecule has 0 saturated carbocycles. The number of aromatic nitrogens is 2. The maximum Gasteiger partial charge on any atom is 0.220 e. The van der Waals surface area contributed by atoms with Gasteiger partial charge in [-0.3, -0.25) is 0 Å².